The van der Waals surface area contributed by atoms with Crippen LogP contribution in [0.15, 0.2) is 36.7 Å². The highest BCUT2D eigenvalue weighted by Crippen LogP contribution is 2.18. The van der Waals surface area contributed by atoms with Gasteiger partial charge in [0, 0.05) is 38.2 Å². The van der Waals surface area contributed by atoms with E-state index in [0.717, 1.165) is 109 Å². The quantitative estimate of drug-likeness (QED) is 0.0299. The molecule has 0 saturated heterocycles. The van der Waals surface area contributed by atoms with E-state index in [2.05, 4.69) is 35.6 Å². The molecule has 0 atom stereocenters. The largest absolute Gasteiger partial charge is 0.462 e. The van der Waals surface area contributed by atoms with Gasteiger partial charge in [0.1, 0.15) is 25.1 Å². The van der Waals surface area contributed by atoms with Gasteiger partial charge in [0.2, 0.25) is 0 Å². The number of hydrogen-bond acceptors (Lipinski definition) is 7. The van der Waals surface area contributed by atoms with Crippen molar-refractivity contribution in [3.8, 4) is 0 Å². The summed E-state index contributed by atoms with van der Waals surface area (Å²) in [4.78, 5) is 41.0. The van der Waals surface area contributed by atoms with Crippen molar-refractivity contribution in [2.24, 2.45) is 0 Å². The zero-order valence-electron chi connectivity index (χ0n) is 32.9. The summed E-state index contributed by atoms with van der Waals surface area (Å²) >= 11 is 0. The van der Waals surface area contributed by atoms with Gasteiger partial charge in [0.15, 0.2) is 0 Å². The van der Waals surface area contributed by atoms with Crippen LogP contribution in [-0.4, -0.2) is 46.8 Å². The van der Waals surface area contributed by atoms with Crippen LogP contribution >= 0.6 is 0 Å². The lowest BCUT2D eigenvalue weighted by atomic mass is 10.0. The maximum atomic E-state index is 12.7. The second kappa shape index (κ2) is 34.2. The molecule has 0 saturated carbocycles. The number of carbonyl (C=O) groups is 3. The molecule has 1 rings (SSSR count). The van der Waals surface area contributed by atoms with E-state index in [4.69, 9.17) is 14.2 Å². The van der Waals surface area contributed by atoms with Crippen LogP contribution in [-0.2, 0) is 35.1 Å². The first-order valence-corrected chi connectivity index (χ1v) is 20.7. The second-order valence-electron chi connectivity index (χ2n) is 14.0. The van der Waals surface area contributed by atoms with E-state index in [1.807, 2.05) is 25.3 Å². The van der Waals surface area contributed by atoms with Gasteiger partial charge in [-0.25, -0.2) is 4.98 Å². The summed E-state index contributed by atoms with van der Waals surface area (Å²) in [6.45, 7) is 7.91. The maximum Gasteiger partial charge on any atom is 0.306 e. The van der Waals surface area contributed by atoms with E-state index >= 15 is 0 Å². The smallest absolute Gasteiger partial charge is 0.306 e. The second-order valence-corrected chi connectivity index (χ2v) is 14.0. The molecule has 0 spiro atoms. The van der Waals surface area contributed by atoms with Crippen LogP contribution in [0.3, 0.4) is 0 Å². The Hall–Kier alpha value is -2.90. The fraction of sp³-hybridized carbons (Fsp3) is 0.767. The van der Waals surface area contributed by atoms with Crippen LogP contribution in [0, 0.1) is 6.92 Å². The zero-order valence-corrected chi connectivity index (χ0v) is 32.9. The lowest BCUT2D eigenvalue weighted by Gasteiger charge is -2.18. The topological polar surface area (TPSA) is 96.7 Å². The van der Waals surface area contributed by atoms with Crippen molar-refractivity contribution in [3.05, 3.63) is 42.5 Å². The van der Waals surface area contributed by atoms with E-state index in [1.165, 1.54) is 51.4 Å². The summed E-state index contributed by atoms with van der Waals surface area (Å²) in [7, 11) is 0. The highest BCUT2D eigenvalue weighted by atomic mass is 16.5. The van der Waals surface area contributed by atoms with Crippen molar-refractivity contribution in [2.45, 2.75) is 200 Å². The molecule has 0 unspecified atom stereocenters. The molecule has 0 bridgehead atoms. The third-order valence-corrected chi connectivity index (χ3v) is 9.28. The van der Waals surface area contributed by atoms with Crippen LogP contribution in [0.1, 0.15) is 187 Å². The van der Waals surface area contributed by atoms with Crippen molar-refractivity contribution in [1.29, 1.82) is 0 Å². The van der Waals surface area contributed by atoms with E-state index < -0.39 is 0 Å². The molecule has 0 amide bonds. The van der Waals surface area contributed by atoms with E-state index in [0.29, 0.717) is 32.5 Å². The molecule has 1 aromatic heterocycles. The first-order valence-electron chi connectivity index (χ1n) is 20.7. The van der Waals surface area contributed by atoms with E-state index in [1.54, 1.807) is 6.20 Å². The predicted molar refractivity (Wildman–Crippen MR) is 208 cm³/mol. The molecule has 292 valence electrons. The molecular formula is C43H74N2O6. The highest BCUT2D eigenvalue weighted by Gasteiger charge is 2.15. The molecule has 8 heteroatoms. The normalized spacial score (nSPS) is 11.6. The van der Waals surface area contributed by atoms with Crippen LogP contribution in [0.2, 0.25) is 0 Å². The Balaban J connectivity index is 2.24. The molecule has 0 aliphatic carbocycles. The van der Waals surface area contributed by atoms with Crippen LogP contribution in [0.5, 0.6) is 0 Å². The molecule has 0 aliphatic rings. The third kappa shape index (κ3) is 29.4. The number of rotatable bonds is 35. The van der Waals surface area contributed by atoms with Crippen molar-refractivity contribution in [1.82, 2.24) is 9.55 Å². The van der Waals surface area contributed by atoms with Gasteiger partial charge in [-0.15, -0.1) is 0 Å². The average molecular weight is 715 g/mol. The van der Waals surface area contributed by atoms with Gasteiger partial charge in [0.05, 0.1) is 0 Å². The number of allylic oxidation sites excluding steroid dienone is 2. The zero-order chi connectivity index (χ0) is 37.0. The van der Waals surface area contributed by atoms with Gasteiger partial charge in [0.25, 0.3) is 0 Å². The first-order chi connectivity index (χ1) is 25.0. The molecule has 0 radical (unpaired) electrons. The number of hydrogen-bond donors (Lipinski definition) is 0. The number of imidazole rings is 1. The highest BCUT2D eigenvalue weighted by molar-refractivity contribution is 5.70. The van der Waals surface area contributed by atoms with Crippen LogP contribution in [0.25, 0.3) is 0 Å². The molecular weight excluding hydrogens is 640 g/mol. The molecule has 1 heterocycles. The van der Waals surface area contributed by atoms with E-state index in [-0.39, 0.29) is 24.0 Å². The molecule has 51 heavy (non-hydrogen) atoms. The van der Waals surface area contributed by atoms with Gasteiger partial charge < -0.3 is 18.8 Å². The molecule has 0 aliphatic heterocycles. The van der Waals surface area contributed by atoms with Gasteiger partial charge >= 0.3 is 17.9 Å². The van der Waals surface area contributed by atoms with Crippen LogP contribution < -0.4 is 0 Å². The van der Waals surface area contributed by atoms with Crippen LogP contribution in [0.4, 0.5) is 0 Å². The number of ether oxygens (including phenoxy) is 3. The third-order valence-electron chi connectivity index (χ3n) is 9.28. The summed E-state index contributed by atoms with van der Waals surface area (Å²) in [5.74, 6) is 0.609. The Labute approximate surface area is 311 Å². The first kappa shape index (κ1) is 46.1. The molecule has 0 aromatic carbocycles. The molecule has 8 nitrogen and oxygen atoms in total. The van der Waals surface area contributed by atoms with Gasteiger partial charge in [-0.1, -0.05) is 115 Å². The van der Waals surface area contributed by atoms with Crippen molar-refractivity contribution >= 4 is 17.9 Å². The predicted octanol–water partition coefficient (Wildman–Crippen LogP) is 11.5. The number of aromatic nitrogens is 2. The van der Waals surface area contributed by atoms with Gasteiger partial charge in [-0.3, -0.25) is 14.4 Å². The molecule has 0 fully saturated rings. The summed E-state index contributed by atoms with van der Waals surface area (Å²) in [6, 6.07) is 0. The standard InChI is InChI=1S/C43H74N2O6/c1-4-6-8-10-12-20-26-37-49-41(46)31-24-18-14-16-22-29-40(51-43(48)33-28-35-45-36-34-44-39(45)3)30-23-17-15-19-25-32-42(47)50-38-27-21-13-11-9-7-5-2/h20-21,26-27,34,36,40H,4-19,22-25,28-33,35,37-38H2,1-3H3/b26-20-,27-21-. The Kier molecular flexibility index (Phi) is 30.9. The minimum atomic E-state index is -0.118. The lowest BCUT2D eigenvalue weighted by molar-refractivity contribution is -0.150. The minimum Gasteiger partial charge on any atom is -0.462 e. The van der Waals surface area contributed by atoms with Gasteiger partial charge in [-0.05, 0) is 77.6 Å². The number of unbranched alkanes of at least 4 members (excludes halogenated alkanes) is 16. The maximum absolute atomic E-state index is 12.7. The molecule has 1 aromatic rings. The fourth-order valence-electron chi connectivity index (χ4n) is 6.06. The average Bonchev–Trinajstić information content (AvgIpc) is 3.53. The van der Waals surface area contributed by atoms with Crippen molar-refractivity contribution < 1.29 is 28.6 Å². The number of aryl methyl sites for hydroxylation is 2. The summed E-state index contributed by atoms with van der Waals surface area (Å²) in [5, 5.41) is 0. The Morgan fingerprint density at radius 3 is 1.57 bits per heavy atom. The number of carbonyl (C=O) groups excluding carboxylic acids is 3. The minimum absolute atomic E-state index is 0.0585. The summed E-state index contributed by atoms with van der Waals surface area (Å²) < 4.78 is 18.7. The van der Waals surface area contributed by atoms with Crippen molar-refractivity contribution in [3.63, 3.8) is 0 Å². The lowest BCUT2D eigenvalue weighted by Crippen LogP contribution is -2.19. The monoisotopic (exact) mass is 715 g/mol. The summed E-state index contributed by atoms with van der Waals surface area (Å²) in [6.07, 6.45) is 37.7. The Morgan fingerprint density at radius 2 is 1.08 bits per heavy atom. The Bertz CT molecular complexity index is 997. The fourth-order valence-corrected chi connectivity index (χ4v) is 6.06. The number of esters is 3. The SMILES string of the molecule is CCCCCC/C=C\COC(=O)CCCCCCCC(CCCCCCCC(=O)OC/C=C\CCCCCC)OC(=O)CCCn1ccnc1C. The number of nitrogens with zero attached hydrogens (tertiary/aromatic N) is 2. The summed E-state index contributed by atoms with van der Waals surface area (Å²) in [5.41, 5.74) is 0. The van der Waals surface area contributed by atoms with Crippen molar-refractivity contribution in [2.75, 3.05) is 13.2 Å². The van der Waals surface area contributed by atoms with E-state index in [9.17, 15) is 14.4 Å². The van der Waals surface area contributed by atoms with Gasteiger partial charge in [-0.2, -0.15) is 0 Å². The Morgan fingerprint density at radius 1 is 0.608 bits per heavy atom. The molecule has 0 N–H and O–H groups in total.